The first-order valence-electron chi connectivity index (χ1n) is 5.48. The van der Waals surface area contributed by atoms with Crippen LogP contribution in [-0.4, -0.2) is 49.6 Å². The van der Waals surface area contributed by atoms with Crippen LogP contribution in [0.15, 0.2) is 0 Å². The fraction of sp³-hybridized carbons (Fsp3) is 0.900. The largest absolute Gasteiger partial charge is 0.351 e. The van der Waals surface area contributed by atoms with Gasteiger partial charge in [0, 0.05) is 12.6 Å². The molecule has 2 rings (SSSR count). The first kappa shape index (κ1) is 9.93. The minimum atomic E-state index is 0.121. The van der Waals surface area contributed by atoms with Crippen LogP contribution in [-0.2, 0) is 4.79 Å². The summed E-state index contributed by atoms with van der Waals surface area (Å²) in [4.78, 5) is 14.0. The predicted octanol–water partition coefficient (Wildman–Crippen LogP) is -0.441. The van der Waals surface area contributed by atoms with Crippen molar-refractivity contribution in [2.75, 3.05) is 26.7 Å². The van der Waals surface area contributed by atoms with Crippen LogP contribution >= 0.6 is 0 Å². The maximum Gasteiger partial charge on any atom is 0.237 e. The number of amides is 1. The summed E-state index contributed by atoms with van der Waals surface area (Å²) in [7, 11) is 2.03. The quantitative estimate of drug-likeness (QED) is 0.631. The van der Waals surface area contributed by atoms with Crippen LogP contribution in [0.3, 0.4) is 0 Å². The normalized spacial score (nSPS) is 33.5. The van der Waals surface area contributed by atoms with E-state index >= 15 is 0 Å². The number of nitrogens with zero attached hydrogens (tertiary/aromatic N) is 1. The van der Waals surface area contributed by atoms with E-state index < -0.39 is 0 Å². The van der Waals surface area contributed by atoms with E-state index in [4.69, 9.17) is 0 Å². The highest BCUT2D eigenvalue weighted by molar-refractivity contribution is 5.82. The average molecular weight is 197 g/mol. The van der Waals surface area contributed by atoms with E-state index in [1.807, 2.05) is 7.05 Å². The van der Waals surface area contributed by atoms with Gasteiger partial charge in [-0.15, -0.1) is 0 Å². The van der Waals surface area contributed by atoms with Gasteiger partial charge in [0.2, 0.25) is 5.91 Å². The van der Waals surface area contributed by atoms with E-state index in [0.717, 1.165) is 38.9 Å². The van der Waals surface area contributed by atoms with E-state index in [-0.39, 0.29) is 11.9 Å². The van der Waals surface area contributed by atoms with Crippen LogP contribution in [0.5, 0.6) is 0 Å². The van der Waals surface area contributed by atoms with E-state index in [1.54, 1.807) is 0 Å². The number of rotatable bonds is 2. The fourth-order valence-corrected chi connectivity index (χ4v) is 2.32. The van der Waals surface area contributed by atoms with Crippen molar-refractivity contribution in [2.45, 2.75) is 31.3 Å². The van der Waals surface area contributed by atoms with E-state index in [1.165, 1.54) is 0 Å². The molecule has 80 valence electrons. The minimum absolute atomic E-state index is 0.121. The molecule has 0 bridgehead atoms. The standard InChI is InChI=1S/C10H19N3O/c1-13-6-2-3-9(13)10(14)12-8-4-5-11-7-8/h8-9,11H,2-7H2,1H3,(H,12,14)/t8-,9-/m0/s1. The second kappa shape index (κ2) is 4.28. The number of hydrogen-bond acceptors (Lipinski definition) is 3. The van der Waals surface area contributed by atoms with Gasteiger partial charge in [0.1, 0.15) is 0 Å². The molecule has 2 aliphatic heterocycles. The summed E-state index contributed by atoms with van der Waals surface area (Å²) in [5, 5.41) is 6.36. The lowest BCUT2D eigenvalue weighted by atomic mass is 10.2. The Hall–Kier alpha value is -0.610. The molecule has 0 radical (unpaired) electrons. The zero-order chi connectivity index (χ0) is 9.97. The molecule has 0 aliphatic carbocycles. The van der Waals surface area contributed by atoms with Crippen LogP contribution in [0.2, 0.25) is 0 Å². The van der Waals surface area contributed by atoms with Crippen molar-refractivity contribution in [3.63, 3.8) is 0 Å². The van der Waals surface area contributed by atoms with Crippen molar-refractivity contribution in [3.8, 4) is 0 Å². The first-order valence-corrected chi connectivity index (χ1v) is 5.48. The third-order valence-electron chi connectivity index (χ3n) is 3.23. The molecule has 4 heteroatoms. The van der Waals surface area contributed by atoms with Gasteiger partial charge in [-0.3, -0.25) is 9.69 Å². The minimum Gasteiger partial charge on any atom is -0.351 e. The Morgan fingerprint density at radius 3 is 2.93 bits per heavy atom. The zero-order valence-electron chi connectivity index (χ0n) is 8.75. The van der Waals surface area contributed by atoms with Gasteiger partial charge in [0.15, 0.2) is 0 Å². The summed E-state index contributed by atoms with van der Waals surface area (Å²) >= 11 is 0. The summed E-state index contributed by atoms with van der Waals surface area (Å²) < 4.78 is 0. The molecule has 2 heterocycles. The molecule has 2 aliphatic rings. The summed E-state index contributed by atoms with van der Waals surface area (Å²) in [5.41, 5.74) is 0. The highest BCUT2D eigenvalue weighted by atomic mass is 16.2. The number of hydrogen-bond donors (Lipinski definition) is 2. The van der Waals surface area contributed by atoms with Crippen molar-refractivity contribution in [3.05, 3.63) is 0 Å². The molecule has 0 saturated carbocycles. The molecule has 2 atom stereocenters. The summed E-state index contributed by atoms with van der Waals surface area (Å²) in [6.45, 7) is 3.02. The van der Waals surface area contributed by atoms with Gasteiger partial charge in [-0.25, -0.2) is 0 Å². The summed E-state index contributed by atoms with van der Waals surface area (Å²) in [5.74, 6) is 0.221. The van der Waals surface area contributed by atoms with Crippen LogP contribution in [0.1, 0.15) is 19.3 Å². The van der Waals surface area contributed by atoms with Gasteiger partial charge in [-0.05, 0) is 39.4 Å². The van der Waals surface area contributed by atoms with Crippen molar-refractivity contribution in [2.24, 2.45) is 0 Å². The third kappa shape index (κ3) is 2.07. The van der Waals surface area contributed by atoms with Crippen LogP contribution in [0, 0.1) is 0 Å². The molecule has 0 aromatic heterocycles. The summed E-state index contributed by atoms with van der Waals surface area (Å²) in [6, 6.07) is 0.479. The Balaban J connectivity index is 1.82. The molecule has 4 nitrogen and oxygen atoms in total. The van der Waals surface area contributed by atoms with Gasteiger partial charge in [0.25, 0.3) is 0 Å². The Morgan fingerprint density at radius 1 is 1.50 bits per heavy atom. The number of likely N-dealkylation sites (tertiary alicyclic amines) is 1. The molecular formula is C10H19N3O. The lowest BCUT2D eigenvalue weighted by molar-refractivity contribution is -0.125. The lowest BCUT2D eigenvalue weighted by Gasteiger charge is -2.20. The van der Waals surface area contributed by atoms with Crippen molar-refractivity contribution in [1.82, 2.24) is 15.5 Å². The molecule has 2 N–H and O–H groups in total. The maximum absolute atomic E-state index is 11.8. The predicted molar refractivity (Wildman–Crippen MR) is 55.1 cm³/mol. The molecule has 0 aromatic carbocycles. The second-order valence-corrected chi connectivity index (χ2v) is 4.34. The average Bonchev–Trinajstić information content (AvgIpc) is 2.75. The molecule has 2 saturated heterocycles. The van der Waals surface area contributed by atoms with Gasteiger partial charge in [0.05, 0.1) is 6.04 Å². The number of likely N-dealkylation sites (N-methyl/N-ethyl adjacent to an activating group) is 1. The zero-order valence-corrected chi connectivity index (χ0v) is 8.75. The monoisotopic (exact) mass is 197 g/mol. The second-order valence-electron chi connectivity index (χ2n) is 4.34. The topological polar surface area (TPSA) is 44.4 Å². The van der Waals surface area contributed by atoms with Crippen molar-refractivity contribution < 1.29 is 4.79 Å². The molecule has 1 amide bonds. The van der Waals surface area contributed by atoms with Crippen LogP contribution < -0.4 is 10.6 Å². The fourth-order valence-electron chi connectivity index (χ4n) is 2.32. The number of carbonyl (C=O) groups excluding carboxylic acids is 1. The van der Waals surface area contributed by atoms with Crippen LogP contribution in [0.25, 0.3) is 0 Å². The molecular weight excluding hydrogens is 178 g/mol. The Labute approximate surface area is 85.0 Å². The number of nitrogens with one attached hydrogen (secondary N) is 2. The number of carbonyl (C=O) groups is 1. The molecule has 0 unspecified atom stereocenters. The molecule has 2 fully saturated rings. The Kier molecular flexibility index (Phi) is 3.03. The van der Waals surface area contributed by atoms with Crippen molar-refractivity contribution >= 4 is 5.91 Å². The molecule has 14 heavy (non-hydrogen) atoms. The maximum atomic E-state index is 11.8. The van der Waals surface area contributed by atoms with E-state index in [9.17, 15) is 4.79 Å². The van der Waals surface area contributed by atoms with Crippen molar-refractivity contribution in [1.29, 1.82) is 0 Å². The highest BCUT2D eigenvalue weighted by Crippen LogP contribution is 2.15. The van der Waals surface area contributed by atoms with Gasteiger partial charge in [-0.1, -0.05) is 0 Å². The van der Waals surface area contributed by atoms with Gasteiger partial charge in [-0.2, -0.15) is 0 Å². The van der Waals surface area contributed by atoms with E-state index in [2.05, 4.69) is 15.5 Å². The van der Waals surface area contributed by atoms with E-state index in [0.29, 0.717) is 6.04 Å². The summed E-state index contributed by atoms with van der Waals surface area (Å²) in [6.07, 6.45) is 3.24. The Bertz CT molecular complexity index is 213. The highest BCUT2D eigenvalue weighted by Gasteiger charge is 2.29. The first-order chi connectivity index (χ1) is 6.77. The third-order valence-corrected chi connectivity index (χ3v) is 3.23. The van der Waals surface area contributed by atoms with Gasteiger partial charge < -0.3 is 10.6 Å². The van der Waals surface area contributed by atoms with Crippen LogP contribution in [0.4, 0.5) is 0 Å². The lowest BCUT2D eigenvalue weighted by Crippen LogP contribution is -2.46. The molecule has 0 spiro atoms. The molecule has 0 aromatic rings. The van der Waals surface area contributed by atoms with Gasteiger partial charge >= 0.3 is 0 Å². The Morgan fingerprint density at radius 2 is 2.36 bits per heavy atom. The SMILES string of the molecule is CN1CCC[C@H]1C(=O)N[C@H]1CCNC1. The smallest absolute Gasteiger partial charge is 0.237 e.